The number of hydrogen-bond donors (Lipinski definition) is 1. The van der Waals surface area contributed by atoms with Crippen LogP contribution in [0.2, 0.25) is 0 Å². The highest BCUT2D eigenvalue weighted by Gasteiger charge is 2.52. The average Bonchev–Trinajstić information content (AvgIpc) is 2.12. The van der Waals surface area contributed by atoms with Crippen LogP contribution in [0.4, 0.5) is 0 Å². The molecule has 0 aromatic heterocycles. The van der Waals surface area contributed by atoms with Gasteiger partial charge in [-0.05, 0) is 18.9 Å². The van der Waals surface area contributed by atoms with Crippen molar-refractivity contribution in [1.82, 2.24) is 0 Å². The second-order valence-corrected chi connectivity index (χ2v) is 3.70. The Morgan fingerprint density at radius 1 is 1.50 bits per heavy atom. The van der Waals surface area contributed by atoms with Gasteiger partial charge < -0.3 is 9.84 Å². The summed E-state index contributed by atoms with van der Waals surface area (Å²) in [5, 5.41) is 9.94. The maximum atomic E-state index is 11.6. The zero-order valence-corrected chi connectivity index (χ0v) is 9.00. The van der Waals surface area contributed by atoms with Gasteiger partial charge in [-0.3, -0.25) is 4.79 Å². The lowest BCUT2D eigenvalue weighted by molar-refractivity contribution is -0.135. The average molecular weight is 196 g/mol. The van der Waals surface area contributed by atoms with Crippen LogP contribution in [0.15, 0.2) is 23.5 Å². The van der Waals surface area contributed by atoms with Gasteiger partial charge in [0.1, 0.15) is 5.76 Å². The van der Waals surface area contributed by atoms with Gasteiger partial charge in [-0.15, -0.1) is 0 Å². The van der Waals surface area contributed by atoms with E-state index in [9.17, 15) is 9.90 Å². The zero-order valence-electron chi connectivity index (χ0n) is 9.00. The third-order valence-corrected chi connectivity index (χ3v) is 2.37. The molecule has 0 saturated heterocycles. The van der Waals surface area contributed by atoms with E-state index in [-0.39, 0.29) is 11.7 Å². The molecule has 0 saturated carbocycles. The van der Waals surface area contributed by atoms with Crippen LogP contribution in [0.3, 0.4) is 0 Å². The molecule has 1 atom stereocenters. The van der Waals surface area contributed by atoms with Crippen molar-refractivity contribution in [2.75, 3.05) is 7.11 Å². The molecule has 0 fully saturated rings. The van der Waals surface area contributed by atoms with Crippen LogP contribution < -0.4 is 0 Å². The number of methoxy groups -OCH3 is 1. The molecule has 0 aliphatic heterocycles. The fraction of sp³-hybridized carbons (Fsp3) is 0.545. The summed E-state index contributed by atoms with van der Waals surface area (Å²) in [6, 6.07) is 0. The predicted molar refractivity (Wildman–Crippen MR) is 53.6 cm³/mol. The molecule has 14 heavy (non-hydrogen) atoms. The molecule has 1 N–H and O–H groups in total. The molecule has 3 nitrogen and oxygen atoms in total. The molecule has 0 amide bonds. The molecule has 0 aromatic carbocycles. The van der Waals surface area contributed by atoms with E-state index < -0.39 is 5.60 Å². The number of carbonyl (C=O) groups excluding carboxylic acids is 1. The molecular formula is C11H16O3. The van der Waals surface area contributed by atoms with Gasteiger partial charge in [0.15, 0.2) is 0 Å². The second-order valence-electron chi connectivity index (χ2n) is 3.70. The lowest BCUT2D eigenvalue weighted by Gasteiger charge is -2.37. The summed E-state index contributed by atoms with van der Waals surface area (Å²) in [6.07, 6.45) is 3.11. The molecule has 1 aliphatic carbocycles. The van der Waals surface area contributed by atoms with Crippen LogP contribution in [0.5, 0.6) is 0 Å². The van der Waals surface area contributed by atoms with Gasteiger partial charge in [-0.25, -0.2) is 0 Å². The smallest absolute Gasteiger partial charge is 0.206 e. The van der Waals surface area contributed by atoms with Gasteiger partial charge in [-0.2, -0.15) is 0 Å². The lowest BCUT2D eigenvalue weighted by atomic mass is 9.73. The first-order valence-corrected chi connectivity index (χ1v) is 4.68. The van der Waals surface area contributed by atoms with Crippen molar-refractivity contribution in [1.29, 1.82) is 0 Å². The fourth-order valence-electron chi connectivity index (χ4n) is 1.74. The van der Waals surface area contributed by atoms with E-state index in [0.717, 1.165) is 0 Å². The molecule has 1 unspecified atom stereocenters. The van der Waals surface area contributed by atoms with E-state index in [1.165, 1.54) is 13.2 Å². The Morgan fingerprint density at radius 2 is 2.07 bits per heavy atom. The Hall–Kier alpha value is -1.09. The summed E-state index contributed by atoms with van der Waals surface area (Å²) < 4.78 is 5.06. The molecule has 3 heteroatoms. The fourth-order valence-corrected chi connectivity index (χ4v) is 1.74. The van der Waals surface area contributed by atoms with Gasteiger partial charge in [0.2, 0.25) is 11.4 Å². The Balaban J connectivity index is 3.14. The molecule has 0 bridgehead atoms. The zero-order chi connectivity index (χ0) is 10.9. The Labute approximate surface area is 84.1 Å². The summed E-state index contributed by atoms with van der Waals surface area (Å²) in [6.45, 7) is 5.56. The highest BCUT2D eigenvalue weighted by Crippen LogP contribution is 2.40. The highest BCUT2D eigenvalue weighted by molar-refractivity contribution is 6.13. The molecule has 0 heterocycles. The first-order valence-electron chi connectivity index (χ1n) is 4.68. The molecule has 1 aliphatic rings. The molecule has 1 rings (SSSR count). The van der Waals surface area contributed by atoms with E-state index in [2.05, 4.69) is 0 Å². The summed E-state index contributed by atoms with van der Waals surface area (Å²) in [5.41, 5.74) is -0.920. The van der Waals surface area contributed by atoms with Crippen LogP contribution in [-0.4, -0.2) is 23.6 Å². The number of rotatable bonds is 3. The largest absolute Gasteiger partial charge is 0.497 e. The number of ketones is 1. The van der Waals surface area contributed by atoms with E-state index in [0.29, 0.717) is 11.3 Å². The van der Waals surface area contributed by atoms with Gasteiger partial charge in [-0.1, -0.05) is 19.9 Å². The summed E-state index contributed by atoms with van der Waals surface area (Å²) in [5.74, 6) is 0.223. The van der Waals surface area contributed by atoms with Crippen LogP contribution in [0.1, 0.15) is 20.8 Å². The van der Waals surface area contributed by atoms with Gasteiger partial charge in [0.05, 0.1) is 7.11 Å². The minimum Gasteiger partial charge on any atom is -0.497 e. The maximum Gasteiger partial charge on any atom is 0.206 e. The highest BCUT2D eigenvalue weighted by atomic mass is 16.5. The molecule has 0 radical (unpaired) electrons. The number of aliphatic hydroxyl groups is 1. The number of Topliss-reactive ketones (excluding diaryl/α,β-unsaturated/α-hetero) is 1. The summed E-state index contributed by atoms with van der Waals surface area (Å²) in [4.78, 5) is 11.6. The molecular weight excluding hydrogens is 180 g/mol. The van der Waals surface area contributed by atoms with Crippen molar-refractivity contribution >= 4 is 5.78 Å². The van der Waals surface area contributed by atoms with Gasteiger partial charge >= 0.3 is 0 Å². The van der Waals surface area contributed by atoms with Gasteiger partial charge in [0, 0.05) is 5.57 Å². The number of ether oxygens (including phenoxy) is 1. The van der Waals surface area contributed by atoms with Crippen LogP contribution in [-0.2, 0) is 9.53 Å². The van der Waals surface area contributed by atoms with Crippen molar-refractivity contribution in [2.45, 2.75) is 26.4 Å². The maximum absolute atomic E-state index is 11.6. The number of allylic oxidation sites excluding steroid dienone is 1. The van der Waals surface area contributed by atoms with Gasteiger partial charge in [0.25, 0.3) is 0 Å². The van der Waals surface area contributed by atoms with Crippen molar-refractivity contribution in [3.05, 3.63) is 23.5 Å². The minimum absolute atomic E-state index is 0.0861. The van der Waals surface area contributed by atoms with E-state index in [1.54, 1.807) is 13.0 Å². The topological polar surface area (TPSA) is 46.5 Å². The van der Waals surface area contributed by atoms with E-state index in [4.69, 9.17) is 4.74 Å². The van der Waals surface area contributed by atoms with Crippen molar-refractivity contribution in [3.63, 3.8) is 0 Å². The monoisotopic (exact) mass is 196 g/mol. The van der Waals surface area contributed by atoms with E-state index in [1.807, 2.05) is 13.8 Å². The number of hydrogen-bond acceptors (Lipinski definition) is 3. The second kappa shape index (κ2) is 3.58. The predicted octanol–water partition coefficient (Wildman–Crippen LogP) is 1.43. The van der Waals surface area contributed by atoms with Crippen LogP contribution >= 0.6 is 0 Å². The third kappa shape index (κ3) is 1.28. The molecule has 78 valence electrons. The Kier molecular flexibility index (Phi) is 2.81. The Bertz CT molecular complexity index is 312. The first-order chi connectivity index (χ1) is 6.49. The standard InChI is InChI=1S/C11H16O3/c1-5-6-11(13)9(12)8(7(2)3)10(11)14-4/h5-7,13H,1-4H3/b6-5-. The SMILES string of the molecule is C/C=C\C1(O)C(=O)C(C(C)C)=C1OC. The first kappa shape index (κ1) is 11.0. The normalized spacial score (nSPS) is 27.4. The van der Waals surface area contributed by atoms with Crippen molar-refractivity contribution in [2.24, 2.45) is 5.92 Å². The van der Waals surface area contributed by atoms with Crippen molar-refractivity contribution < 1.29 is 14.6 Å². The Morgan fingerprint density at radius 3 is 2.43 bits per heavy atom. The number of carbonyl (C=O) groups is 1. The molecule has 0 aromatic rings. The minimum atomic E-state index is -1.51. The van der Waals surface area contributed by atoms with Crippen LogP contribution in [0, 0.1) is 5.92 Å². The quantitative estimate of drug-likeness (QED) is 0.695. The van der Waals surface area contributed by atoms with Crippen molar-refractivity contribution in [3.8, 4) is 0 Å². The third-order valence-electron chi connectivity index (χ3n) is 2.37. The lowest BCUT2D eigenvalue weighted by Crippen LogP contribution is -2.51. The van der Waals surface area contributed by atoms with E-state index >= 15 is 0 Å². The summed E-state index contributed by atoms with van der Waals surface area (Å²) in [7, 11) is 1.47. The van der Waals surface area contributed by atoms with Crippen LogP contribution in [0.25, 0.3) is 0 Å². The molecule has 0 spiro atoms. The summed E-state index contributed by atoms with van der Waals surface area (Å²) >= 11 is 0.